The van der Waals surface area contributed by atoms with Crippen LogP contribution in [0, 0.1) is 6.92 Å². The molecule has 19 heavy (non-hydrogen) atoms. The van der Waals surface area contributed by atoms with Crippen molar-refractivity contribution < 1.29 is 5.11 Å². The molecular weight excluding hydrogens is 256 g/mol. The maximum absolute atomic E-state index is 9.69. The summed E-state index contributed by atoms with van der Waals surface area (Å²) >= 11 is 1.55. The van der Waals surface area contributed by atoms with E-state index in [9.17, 15) is 5.11 Å². The number of hydrogen-bond donors (Lipinski definition) is 1. The van der Waals surface area contributed by atoms with Gasteiger partial charge in [0.05, 0.1) is 16.7 Å². The Morgan fingerprint density at radius 3 is 2.42 bits per heavy atom. The van der Waals surface area contributed by atoms with Gasteiger partial charge in [-0.15, -0.1) is 0 Å². The third kappa shape index (κ3) is 2.96. The largest absolute Gasteiger partial charge is 0.388 e. The van der Waals surface area contributed by atoms with Crippen LogP contribution in [0.4, 0.5) is 10.8 Å². The van der Waals surface area contributed by atoms with E-state index >= 15 is 0 Å². The van der Waals surface area contributed by atoms with Gasteiger partial charge < -0.3 is 10.0 Å². The first-order valence-corrected chi connectivity index (χ1v) is 7.32. The van der Waals surface area contributed by atoms with Crippen molar-refractivity contribution in [2.45, 2.75) is 33.3 Å². The monoisotopic (exact) mass is 276 g/mol. The molecule has 0 radical (unpaired) electrons. The second-order valence-corrected chi connectivity index (χ2v) is 5.71. The normalized spacial score (nSPS) is 12.5. The van der Waals surface area contributed by atoms with E-state index in [0.717, 1.165) is 27.8 Å². The van der Waals surface area contributed by atoms with Gasteiger partial charge in [0.2, 0.25) is 0 Å². The molecule has 0 aliphatic carbocycles. The standard InChI is InChI=1S/C15H20N2OS/c1-5-12-6-8-13(9-7-12)17(4)15-16-10(2)14(19-15)11(3)18/h6-9,11,18H,5H2,1-4H3. The SMILES string of the molecule is CCc1ccc(N(C)c2nc(C)c(C(C)O)s2)cc1. The van der Waals surface area contributed by atoms with Gasteiger partial charge in [-0.25, -0.2) is 4.98 Å². The van der Waals surface area contributed by atoms with Gasteiger partial charge in [-0.3, -0.25) is 0 Å². The molecule has 0 aliphatic rings. The minimum Gasteiger partial charge on any atom is -0.388 e. The second kappa shape index (κ2) is 5.72. The molecule has 2 rings (SSSR count). The van der Waals surface area contributed by atoms with Crippen molar-refractivity contribution in [3.05, 3.63) is 40.4 Å². The molecule has 0 spiro atoms. The van der Waals surface area contributed by atoms with Crippen LogP contribution in [0.1, 0.15) is 36.1 Å². The number of rotatable bonds is 4. The number of aromatic nitrogens is 1. The van der Waals surface area contributed by atoms with Crippen molar-refractivity contribution in [1.29, 1.82) is 0 Å². The fourth-order valence-electron chi connectivity index (χ4n) is 1.99. The molecule has 0 saturated carbocycles. The van der Waals surface area contributed by atoms with E-state index in [0.29, 0.717) is 0 Å². The fraction of sp³-hybridized carbons (Fsp3) is 0.400. The lowest BCUT2D eigenvalue weighted by Gasteiger charge is -2.16. The molecule has 0 aliphatic heterocycles. The van der Waals surface area contributed by atoms with E-state index in [-0.39, 0.29) is 0 Å². The van der Waals surface area contributed by atoms with E-state index in [4.69, 9.17) is 0 Å². The van der Waals surface area contributed by atoms with Crippen LogP contribution >= 0.6 is 11.3 Å². The molecule has 1 aromatic carbocycles. The minimum atomic E-state index is -0.456. The predicted molar refractivity (Wildman–Crippen MR) is 81.4 cm³/mol. The summed E-state index contributed by atoms with van der Waals surface area (Å²) in [5.74, 6) is 0. The number of aliphatic hydroxyl groups excluding tert-OH is 1. The van der Waals surface area contributed by atoms with E-state index < -0.39 is 6.10 Å². The molecule has 1 atom stereocenters. The van der Waals surface area contributed by atoms with Crippen LogP contribution in [-0.4, -0.2) is 17.1 Å². The topological polar surface area (TPSA) is 36.4 Å². The number of anilines is 2. The van der Waals surface area contributed by atoms with Gasteiger partial charge in [-0.2, -0.15) is 0 Å². The Labute approximate surface area is 118 Å². The predicted octanol–water partition coefficient (Wildman–Crippen LogP) is 3.84. The van der Waals surface area contributed by atoms with Crippen molar-refractivity contribution in [3.63, 3.8) is 0 Å². The molecule has 0 bridgehead atoms. The lowest BCUT2D eigenvalue weighted by Crippen LogP contribution is -2.08. The van der Waals surface area contributed by atoms with Crippen molar-refractivity contribution in [1.82, 2.24) is 4.98 Å². The highest BCUT2D eigenvalue weighted by atomic mass is 32.1. The molecule has 1 unspecified atom stereocenters. The Morgan fingerprint density at radius 2 is 1.95 bits per heavy atom. The molecule has 1 aromatic heterocycles. The quantitative estimate of drug-likeness (QED) is 0.922. The summed E-state index contributed by atoms with van der Waals surface area (Å²) in [5, 5.41) is 10.6. The molecule has 3 nitrogen and oxygen atoms in total. The minimum absolute atomic E-state index is 0.456. The summed E-state index contributed by atoms with van der Waals surface area (Å²) in [7, 11) is 2.01. The maximum atomic E-state index is 9.69. The molecule has 102 valence electrons. The zero-order valence-electron chi connectivity index (χ0n) is 11.8. The summed E-state index contributed by atoms with van der Waals surface area (Å²) in [5.41, 5.74) is 3.35. The summed E-state index contributed by atoms with van der Waals surface area (Å²) < 4.78 is 0. The van der Waals surface area contributed by atoms with Crippen LogP contribution in [0.15, 0.2) is 24.3 Å². The average Bonchev–Trinajstić information content (AvgIpc) is 2.80. The number of aryl methyl sites for hydroxylation is 2. The number of hydrogen-bond acceptors (Lipinski definition) is 4. The zero-order valence-corrected chi connectivity index (χ0v) is 12.7. The average molecular weight is 276 g/mol. The van der Waals surface area contributed by atoms with Crippen LogP contribution < -0.4 is 4.90 Å². The van der Waals surface area contributed by atoms with Crippen molar-refractivity contribution in [3.8, 4) is 0 Å². The summed E-state index contributed by atoms with van der Waals surface area (Å²) in [6.45, 7) is 5.87. The molecule has 0 saturated heterocycles. The van der Waals surface area contributed by atoms with Gasteiger partial charge >= 0.3 is 0 Å². The second-order valence-electron chi connectivity index (χ2n) is 4.70. The fourth-order valence-corrected chi connectivity index (χ4v) is 2.98. The van der Waals surface area contributed by atoms with Gasteiger partial charge in [0.15, 0.2) is 5.13 Å². The number of benzene rings is 1. The molecule has 2 aromatic rings. The Balaban J connectivity index is 2.27. The van der Waals surface area contributed by atoms with E-state index in [2.05, 4.69) is 41.1 Å². The first kappa shape index (κ1) is 14.0. The third-order valence-electron chi connectivity index (χ3n) is 3.22. The first-order chi connectivity index (χ1) is 9.02. The highest BCUT2D eigenvalue weighted by Crippen LogP contribution is 2.33. The Kier molecular flexibility index (Phi) is 4.22. The summed E-state index contributed by atoms with van der Waals surface area (Å²) in [6.07, 6.45) is 0.592. The maximum Gasteiger partial charge on any atom is 0.190 e. The number of thiazole rings is 1. The van der Waals surface area contributed by atoms with Gasteiger partial charge in [-0.05, 0) is 38.0 Å². The molecule has 4 heteroatoms. The van der Waals surface area contributed by atoms with Crippen molar-refractivity contribution in [2.24, 2.45) is 0 Å². The lowest BCUT2D eigenvalue weighted by atomic mass is 10.1. The number of nitrogens with zero attached hydrogens (tertiary/aromatic N) is 2. The molecule has 0 amide bonds. The van der Waals surface area contributed by atoms with Crippen LogP contribution in [0.3, 0.4) is 0 Å². The van der Waals surface area contributed by atoms with Crippen LogP contribution in [0.5, 0.6) is 0 Å². The third-order valence-corrected chi connectivity index (χ3v) is 4.62. The molecule has 0 fully saturated rings. The Hall–Kier alpha value is -1.39. The highest BCUT2D eigenvalue weighted by Gasteiger charge is 2.15. The highest BCUT2D eigenvalue weighted by molar-refractivity contribution is 7.15. The van der Waals surface area contributed by atoms with E-state index in [1.807, 2.05) is 14.0 Å². The van der Waals surface area contributed by atoms with Gasteiger partial charge in [-0.1, -0.05) is 30.4 Å². The van der Waals surface area contributed by atoms with E-state index in [1.54, 1.807) is 18.3 Å². The van der Waals surface area contributed by atoms with Crippen molar-refractivity contribution in [2.75, 3.05) is 11.9 Å². The Bertz CT molecular complexity index is 546. The first-order valence-electron chi connectivity index (χ1n) is 6.51. The van der Waals surface area contributed by atoms with Crippen LogP contribution in [0.2, 0.25) is 0 Å². The molecule has 1 N–H and O–H groups in total. The molecule has 1 heterocycles. The molecular formula is C15H20N2OS. The van der Waals surface area contributed by atoms with E-state index in [1.165, 1.54) is 5.56 Å². The lowest BCUT2D eigenvalue weighted by molar-refractivity contribution is 0.202. The van der Waals surface area contributed by atoms with Gasteiger partial charge in [0.25, 0.3) is 0 Å². The van der Waals surface area contributed by atoms with Gasteiger partial charge in [0, 0.05) is 12.7 Å². The zero-order chi connectivity index (χ0) is 14.0. The van der Waals surface area contributed by atoms with Crippen LogP contribution in [-0.2, 0) is 6.42 Å². The van der Waals surface area contributed by atoms with Crippen molar-refractivity contribution >= 4 is 22.2 Å². The van der Waals surface area contributed by atoms with Gasteiger partial charge in [0.1, 0.15) is 0 Å². The number of aliphatic hydroxyl groups is 1. The Morgan fingerprint density at radius 1 is 1.32 bits per heavy atom. The van der Waals surface area contributed by atoms with Crippen LogP contribution in [0.25, 0.3) is 0 Å². The smallest absolute Gasteiger partial charge is 0.190 e. The summed E-state index contributed by atoms with van der Waals surface area (Å²) in [4.78, 5) is 7.53. The summed E-state index contributed by atoms with van der Waals surface area (Å²) in [6, 6.07) is 8.50.